The van der Waals surface area contributed by atoms with Gasteiger partial charge < -0.3 is 21.1 Å². The Morgan fingerprint density at radius 1 is 1.09 bits per heavy atom. The van der Waals surface area contributed by atoms with E-state index in [0.717, 1.165) is 0 Å². The summed E-state index contributed by atoms with van der Waals surface area (Å²) in [7, 11) is 0. The lowest BCUT2D eigenvalue weighted by molar-refractivity contribution is -0.145. The molecule has 2 atom stereocenters. The quantitative estimate of drug-likeness (QED) is 0.492. The molecule has 0 aliphatic heterocycles. The molecule has 8 nitrogen and oxygen atoms in total. The Bertz CT molecular complexity index is 423. The van der Waals surface area contributed by atoms with Gasteiger partial charge in [0.05, 0.1) is 13.0 Å². The third-order valence-corrected chi connectivity index (χ3v) is 2.74. The number of carbonyl (C=O) groups excluding carboxylic acids is 4. The van der Waals surface area contributed by atoms with Gasteiger partial charge in [0.2, 0.25) is 17.7 Å². The van der Waals surface area contributed by atoms with E-state index in [1.165, 1.54) is 6.92 Å². The predicted octanol–water partition coefficient (Wildman–Crippen LogP) is -0.539. The fourth-order valence-corrected chi connectivity index (χ4v) is 1.83. The molecule has 0 rings (SSSR count). The van der Waals surface area contributed by atoms with Crippen LogP contribution in [0.1, 0.15) is 40.5 Å². The second-order valence-corrected chi connectivity index (χ2v) is 5.36. The summed E-state index contributed by atoms with van der Waals surface area (Å²) >= 11 is 0. The number of ether oxygens (including phenoxy) is 1. The fraction of sp³-hybridized carbons (Fsp3) is 0.714. The van der Waals surface area contributed by atoms with Crippen LogP contribution in [-0.2, 0) is 23.9 Å². The Labute approximate surface area is 130 Å². The first-order valence-corrected chi connectivity index (χ1v) is 7.19. The van der Waals surface area contributed by atoms with Crippen LogP contribution < -0.4 is 16.4 Å². The minimum absolute atomic E-state index is 0.152. The van der Waals surface area contributed by atoms with Gasteiger partial charge in [-0.3, -0.25) is 19.2 Å². The minimum Gasteiger partial charge on any atom is -0.466 e. The average molecular weight is 315 g/mol. The topological polar surface area (TPSA) is 128 Å². The molecule has 0 heterocycles. The fourth-order valence-electron chi connectivity index (χ4n) is 1.83. The van der Waals surface area contributed by atoms with Gasteiger partial charge in [0, 0.05) is 6.92 Å². The largest absolute Gasteiger partial charge is 0.466 e. The molecule has 0 spiro atoms. The Morgan fingerprint density at radius 3 is 2.09 bits per heavy atom. The summed E-state index contributed by atoms with van der Waals surface area (Å²) in [5.74, 6) is -2.24. The van der Waals surface area contributed by atoms with Crippen molar-refractivity contribution in [1.82, 2.24) is 10.6 Å². The normalized spacial score (nSPS) is 13.1. The van der Waals surface area contributed by atoms with E-state index in [4.69, 9.17) is 10.5 Å². The molecule has 8 heteroatoms. The summed E-state index contributed by atoms with van der Waals surface area (Å²) in [6.07, 6.45) is 0.0552. The zero-order valence-electron chi connectivity index (χ0n) is 13.5. The molecule has 0 bridgehead atoms. The van der Waals surface area contributed by atoms with Gasteiger partial charge in [0.1, 0.15) is 12.1 Å². The Hall–Kier alpha value is -2.12. The second kappa shape index (κ2) is 9.75. The number of nitrogens with one attached hydrogen (secondary N) is 2. The van der Waals surface area contributed by atoms with Crippen LogP contribution in [0.5, 0.6) is 0 Å². The lowest BCUT2D eigenvalue weighted by atomic mass is 10.0. The van der Waals surface area contributed by atoms with Gasteiger partial charge >= 0.3 is 5.97 Å². The number of rotatable bonds is 9. The van der Waals surface area contributed by atoms with Gasteiger partial charge in [0.25, 0.3) is 0 Å². The van der Waals surface area contributed by atoms with Crippen molar-refractivity contribution in [2.45, 2.75) is 52.6 Å². The molecule has 22 heavy (non-hydrogen) atoms. The maximum atomic E-state index is 12.2. The molecule has 0 saturated carbocycles. The first-order valence-electron chi connectivity index (χ1n) is 7.19. The predicted molar refractivity (Wildman–Crippen MR) is 79.4 cm³/mol. The zero-order chi connectivity index (χ0) is 17.3. The smallest absolute Gasteiger partial charge is 0.308 e. The molecule has 0 unspecified atom stereocenters. The van der Waals surface area contributed by atoms with E-state index in [1.54, 1.807) is 6.92 Å². The lowest BCUT2D eigenvalue weighted by Crippen LogP contribution is -2.53. The van der Waals surface area contributed by atoms with E-state index in [2.05, 4.69) is 10.6 Å². The number of hydrogen-bond donors (Lipinski definition) is 3. The highest BCUT2D eigenvalue weighted by Crippen LogP contribution is 2.06. The van der Waals surface area contributed by atoms with Crippen molar-refractivity contribution in [2.24, 2.45) is 11.7 Å². The molecule has 0 fully saturated rings. The van der Waals surface area contributed by atoms with Gasteiger partial charge in [0.15, 0.2) is 0 Å². The Kier molecular flexibility index (Phi) is 8.81. The first kappa shape index (κ1) is 19.9. The third kappa shape index (κ3) is 8.23. The van der Waals surface area contributed by atoms with E-state index in [1.807, 2.05) is 13.8 Å². The van der Waals surface area contributed by atoms with Crippen molar-refractivity contribution in [2.75, 3.05) is 6.61 Å². The van der Waals surface area contributed by atoms with E-state index in [9.17, 15) is 19.2 Å². The van der Waals surface area contributed by atoms with Gasteiger partial charge in [-0.25, -0.2) is 0 Å². The van der Waals surface area contributed by atoms with Crippen LogP contribution in [0.15, 0.2) is 0 Å². The highest BCUT2D eigenvalue weighted by molar-refractivity contribution is 5.93. The van der Waals surface area contributed by atoms with Crippen LogP contribution in [0.25, 0.3) is 0 Å². The number of esters is 1. The second-order valence-electron chi connectivity index (χ2n) is 5.36. The van der Waals surface area contributed by atoms with E-state index < -0.39 is 29.9 Å². The molecule has 0 radical (unpaired) electrons. The molecule has 0 aromatic heterocycles. The molecule has 4 N–H and O–H groups in total. The van der Waals surface area contributed by atoms with Gasteiger partial charge in [-0.1, -0.05) is 13.8 Å². The van der Waals surface area contributed by atoms with Crippen LogP contribution in [-0.4, -0.2) is 42.4 Å². The number of nitrogens with two attached hydrogens (primary N) is 1. The number of hydrogen-bond acceptors (Lipinski definition) is 5. The summed E-state index contributed by atoms with van der Waals surface area (Å²) < 4.78 is 4.73. The number of carbonyl (C=O) groups is 4. The maximum absolute atomic E-state index is 12.2. The van der Waals surface area contributed by atoms with Crippen LogP contribution >= 0.6 is 0 Å². The van der Waals surface area contributed by atoms with Crippen LogP contribution in [0.2, 0.25) is 0 Å². The minimum atomic E-state index is -1.17. The van der Waals surface area contributed by atoms with Crippen LogP contribution in [0.4, 0.5) is 0 Å². The van der Waals surface area contributed by atoms with Gasteiger partial charge in [-0.2, -0.15) is 0 Å². The molecular weight excluding hydrogens is 290 g/mol. The SMILES string of the molecule is CCOC(=O)C[C@H](NC(=O)[C@H](CC(C)C)NC(C)=O)C(N)=O. The van der Waals surface area contributed by atoms with Crippen molar-refractivity contribution in [1.29, 1.82) is 0 Å². The molecular formula is C14H25N3O5. The zero-order valence-corrected chi connectivity index (χ0v) is 13.5. The Balaban J connectivity index is 4.84. The average Bonchev–Trinajstić information content (AvgIpc) is 2.36. The molecule has 0 aromatic rings. The van der Waals surface area contributed by atoms with E-state index >= 15 is 0 Å². The highest BCUT2D eigenvalue weighted by atomic mass is 16.5. The summed E-state index contributed by atoms with van der Waals surface area (Å²) in [5, 5.41) is 4.90. The van der Waals surface area contributed by atoms with Crippen molar-refractivity contribution in [3.8, 4) is 0 Å². The highest BCUT2D eigenvalue weighted by Gasteiger charge is 2.27. The maximum Gasteiger partial charge on any atom is 0.308 e. The monoisotopic (exact) mass is 315 g/mol. The number of primary amides is 1. The summed E-state index contributed by atoms with van der Waals surface area (Å²) in [6, 6.07) is -1.96. The van der Waals surface area contributed by atoms with Crippen LogP contribution in [0.3, 0.4) is 0 Å². The van der Waals surface area contributed by atoms with Crippen molar-refractivity contribution in [3.05, 3.63) is 0 Å². The van der Waals surface area contributed by atoms with E-state index in [0.29, 0.717) is 6.42 Å². The Morgan fingerprint density at radius 2 is 1.68 bits per heavy atom. The van der Waals surface area contributed by atoms with Crippen LogP contribution in [0, 0.1) is 5.92 Å². The lowest BCUT2D eigenvalue weighted by Gasteiger charge is -2.22. The first-order chi connectivity index (χ1) is 10.2. The van der Waals surface area contributed by atoms with Crippen molar-refractivity contribution in [3.63, 3.8) is 0 Å². The van der Waals surface area contributed by atoms with Gasteiger partial charge in [-0.15, -0.1) is 0 Å². The molecule has 0 aromatic carbocycles. The summed E-state index contributed by atoms with van der Waals surface area (Å²) in [4.78, 5) is 46.1. The molecule has 0 aliphatic rings. The third-order valence-electron chi connectivity index (χ3n) is 2.74. The summed E-state index contributed by atoms with van der Waals surface area (Å²) in [6.45, 7) is 6.88. The van der Waals surface area contributed by atoms with Gasteiger partial charge in [-0.05, 0) is 19.3 Å². The molecule has 3 amide bonds. The molecule has 126 valence electrons. The molecule has 0 saturated heterocycles. The molecule has 0 aliphatic carbocycles. The van der Waals surface area contributed by atoms with Crippen molar-refractivity contribution < 1.29 is 23.9 Å². The summed E-state index contributed by atoms with van der Waals surface area (Å²) in [5.41, 5.74) is 5.18. The standard InChI is InChI=1S/C14H25N3O5/c1-5-22-12(19)7-10(13(15)20)17-14(21)11(6-8(2)3)16-9(4)18/h8,10-11H,5-7H2,1-4H3,(H2,15,20)(H,16,18)(H,17,21)/t10-,11-/m0/s1. The van der Waals surface area contributed by atoms with Crippen molar-refractivity contribution >= 4 is 23.7 Å². The number of amides is 3. The van der Waals surface area contributed by atoms with E-state index in [-0.39, 0.29) is 24.9 Å².